The van der Waals surface area contributed by atoms with Crippen LogP contribution < -0.4 is 0 Å². The van der Waals surface area contributed by atoms with Crippen molar-refractivity contribution in [1.82, 2.24) is 9.55 Å². The SMILES string of the molecule is CCCCCCCCC(O[Si](CC)(CC)CC)c1nccn1C. The maximum Gasteiger partial charge on any atom is 0.193 e. The van der Waals surface area contributed by atoms with Crippen molar-refractivity contribution in [1.29, 1.82) is 0 Å². The third-order valence-corrected chi connectivity index (χ3v) is 9.94. The number of aryl methyl sites for hydroxylation is 1. The summed E-state index contributed by atoms with van der Waals surface area (Å²) in [7, 11) is 0.496. The predicted molar refractivity (Wildman–Crippen MR) is 102 cm³/mol. The summed E-state index contributed by atoms with van der Waals surface area (Å²) in [5, 5.41) is 0. The van der Waals surface area contributed by atoms with Gasteiger partial charge in [-0.05, 0) is 24.6 Å². The van der Waals surface area contributed by atoms with Crippen LogP contribution in [-0.2, 0) is 11.5 Å². The number of imidazole rings is 1. The van der Waals surface area contributed by atoms with Gasteiger partial charge in [-0.3, -0.25) is 0 Å². The molecule has 4 heteroatoms. The minimum Gasteiger partial charge on any atom is -0.407 e. The van der Waals surface area contributed by atoms with Gasteiger partial charge in [0.1, 0.15) is 11.9 Å². The van der Waals surface area contributed by atoms with Gasteiger partial charge in [-0.2, -0.15) is 0 Å². The summed E-state index contributed by atoms with van der Waals surface area (Å²) in [6.07, 6.45) is 13.2. The average molecular weight is 339 g/mol. The topological polar surface area (TPSA) is 27.1 Å². The molecule has 1 heterocycles. The normalized spacial score (nSPS) is 13.4. The van der Waals surface area contributed by atoms with Gasteiger partial charge < -0.3 is 8.99 Å². The molecule has 1 aromatic rings. The van der Waals surface area contributed by atoms with Crippen LogP contribution in [0.15, 0.2) is 12.4 Å². The molecule has 0 N–H and O–H groups in total. The Kier molecular flexibility index (Phi) is 9.80. The van der Waals surface area contributed by atoms with Gasteiger partial charge in [-0.25, -0.2) is 4.98 Å². The molecule has 0 amide bonds. The number of hydrogen-bond donors (Lipinski definition) is 0. The number of unbranched alkanes of at least 4 members (excludes halogenated alkanes) is 5. The molecule has 0 aromatic carbocycles. The highest BCUT2D eigenvalue weighted by Crippen LogP contribution is 2.32. The van der Waals surface area contributed by atoms with E-state index in [0.29, 0.717) is 0 Å². The van der Waals surface area contributed by atoms with Gasteiger partial charge in [0.25, 0.3) is 0 Å². The summed E-state index contributed by atoms with van der Waals surface area (Å²) in [5.74, 6) is 1.12. The molecule has 0 spiro atoms. The summed E-state index contributed by atoms with van der Waals surface area (Å²) in [4.78, 5) is 4.59. The molecule has 0 aliphatic carbocycles. The standard InChI is InChI=1S/C19H38N2OSi/c1-6-10-11-12-13-14-15-18(19-20-16-17-21(19)5)22-23(7-2,8-3)9-4/h16-18H,6-15H2,1-5H3. The number of aromatic nitrogens is 2. The van der Waals surface area contributed by atoms with Gasteiger partial charge in [-0.15, -0.1) is 0 Å². The Labute approximate surface area is 145 Å². The van der Waals surface area contributed by atoms with Crippen molar-refractivity contribution in [3.63, 3.8) is 0 Å². The average Bonchev–Trinajstić information content (AvgIpc) is 3.00. The van der Waals surface area contributed by atoms with E-state index in [9.17, 15) is 0 Å². The highest BCUT2D eigenvalue weighted by Gasteiger charge is 2.33. The Morgan fingerprint density at radius 1 is 1.00 bits per heavy atom. The lowest BCUT2D eigenvalue weighted by atomic mass is 10.1. The second-order valence-electron chi connectivity index (χ2n) is 6.80. The molecule has 3 nitrogen and oxygen atoms in total. The highest BCUT2D eigenvalue weighted by molar-refractivity contribution is 6.73. The molecule has 0 saturated heterocycles. The molecule has 134 valence electrons. The minimum absolute atomic E-state index is 0.188. The van der Waals surface area contributed by atoms with E-state index < -0.39 is 8.32 Å². The zero-order valence-corrected chi connectivity index (χ0v) is 17.1. The Morgan fingerprint density at radius 2 is 1.61 bits per heavy atom. The second-order valence-corrected chi connectivity index (χ2v) is 11.5. The fourth-order valence-corrected chi connectivity index (χ4v) is 6.17. The van der Waals surface area contributed by atoms with Crippen LogP contribution in [0.2, 0.25) is 18.1 Å². The Bertz CT molecular complexity index is 407. The first-order valence-electron chi connectivity index (χ1n) is 9.77. The zero-order valence-electron chi connectivity index (χ0n) is 16.1. The number of rotatable bonds is 13. The van der Waals surface area contributed by atoms with E-state index >= 15 is 0 Å². The molecule has 0 saturated carbocycles. The van der Waals surface area contributed by atoms with Crippen LogP contribution >= 0.6 is 0 Å². The fourth-order valence-electron chi connectivity index (χ4n) is 3.34. The van der Waals surface area contributed by atoms with E-state index in [1.165, 1.54) is 56.7 Å². The van der Waals surface area contributed by atoms with E-state index in [2.05, 4.69) is 44.3 Å². The molecule has 0 aliphatic heterocycles. The monoisotopic (exact) mass is 338 g/mol. The summed E-state index contributed by atoms with van der Waals surface area (Å²) in [6.45, 7) is 9.19. The van der Waals surface area contributed by atoms with Gasteiger partial charge in [0, 0.05) is 19.4 Å². The van der Waals surface area contributed by atoms with Crippen molar-refractivity contribution in [3.05, 3.63) is 18.2 Å². The van der Waals surface area contributed by atoms with E-state index in [1.807, 2.05) is 12.4 Å². The molecule has 0 fully saturated rings. The predicted octanol–water partition coefficient (Wildman–Crippen LogP) is 6.23. The lowest BCUT2D eigenvalue weighted by Gasteiger charge is -2.33. The van der Waals surface area contributed by atoms with Crippen LogP contribution in [0.4, 0.5) is 0 Å². The molecular weight excluding hydrogens is 300 g/mol. The largest absolute Gasteiger partial charge is 0.407 e. The quantitative estimate of drug-likeness (QED) is 0.315. The van der Waals surface area contributed by atoms with Crippen LogP contribution in [0.1, 0.15) is 84.6 Å². The van der Waals surface area contributed by atoms with E-state index in [4.69, 9.17) is 4.43 Å². The Balaban J connectivity index is 2.65. The smallest absolute Gasteiger partial charge is 0.193 e. The van der Waals surface area contributed by atoms with Crippen molar-refractivity contribution in [2.24, 2.45) is 7.05 Å². The molecule has 1 atom stereocenters. The van der Waals surface area contributed by atoms with Gasteiger partial charge in [0.2, 0.25) is 0 Å². The lowest BCUT2D eigenvalue weighted by Crippen LogP contribution is -2.37. The van der Waals surface area contributed by atoms with Crippen molar-refractivity contribution < 1.29 is 4.43 Å². The maximum atomic E-state index is 6.79. The van der Waals surface area contributed by atoms with Crippen LogP contribution in [0, 0.1) is 0 Å². The van der Waals surface area contributed by atoms with Crippen LogP contribution in [0.3, 0.4) is 0 Å². The van der Waals surface area contributed by atoms with Crippen LogP contribution in [-0.4, -0.2) is 17.9 Å². The highest BCUT2D eigenvalue weighted by atomic mass is 28.4. The molecule has 0 radical (unpaired) electrons. The Hall–Kier alpha value is -0.613. The first kappa shape index (κ1) is 20.4. The van der Waals surface area contributed by atoms with Crippen molar-refractivity contribution >= 4 is 8.32 Å². The summed E-state index contributed by atoms with van der Waals surface area (Å²) < 4.78 is 8.93. The fraction of sp³-hybridized carbons (Fsp3) is 0.842. The Morgan fingerprint density at radius 3 is 2.13 bits per heavy atom. The van der Waals surface area contributed by atoms with Crippen LogP contribution in [0.5, 0.6) is 0 Å². The lowest BCUT2D eigenvalue weighted by molar-refractivity contribution is 0.162. The van der Waals surface area contributed by atoms with Gasteiger partial charge in [0.15, 0.2) is 8.32 Å². The maximum absolute atomic E-state index is 6.79. The minimum atomic E-state index is -1.59. The van der Waals surface area contributed by atoms with Crippen molar-refractivity contribution in [3.8, 4) is 0 Å². The summed E-state index contributed by atoms with van der Waals surface area (Å²) in [6, 6.07) is 3.62. The third kappa shape index (κ3) is 6.42. The molecule has 0 aliphatic rings. The molecule has 23 heavy (non-hydrogen) atoms. The van der Waals surface area contributed by atoms with E-state index in [-0.39, 0.29) is 6.10 Å². The number of nitrogens with zero attached hydrogens (tertiary/aromatic N) is 2. The first-order valence-corrected chi connectivity index (χ1v) is 12.3. The molecule has 1 rings (SSSR count). The van der Waals surface area contributed by atoms with Crippen molar-refractivity contribution in [2.45, 2.75) is 96.9 Å². The van der Waals surface area contributed by atoms with Crippen molar-refractivity contribution in [2.75, 3.05) is 0 Å². The van der Waals surface area contributed by atoms with E-state index in [0.717, 1.165) is 12.2 Å². The van der Waals surface area contributed by atoms with Gasteiger partial charge in [0.05, 0.1) is 0 Å². The van der Waals surface area contributed by atoms with Crippen LogP contribution in [0.25, 0.3) is 0 Å². The van der Waals surface area contributed by atoms with E-state index in [1.54, 1.807) is 0 Å². The van der Waals surface area contributed by atoms with Gasteiger partial charge in [-0.1, -0.05) is 66.2 Å². The summed E-state index contributed by atoms with van der Waals surface area (Å²) >= 11 is 0. The zero-order chi connectivity index (χ0) is 17.1. The first-order chi connectivity index (χ1) is 11.1. The molecular formula is C19H38N2OSi. The summed E-state index contributed by atoms with van der Waals surface area (Å²) in [5.41, 5.74) is 0. The number of hydrogen-bond acceptors (Lipinski definition) is 2. The molecule has 0 bridgehead atoms. The molecule has 1 aromatic heterocycles. The second kappa shape index (κ2) is 11.0. The van der Waals surface area contributed by atoms with Gasteiger partial charge >= 0.3 is 0 Å². The third-order valence-electron chi connectivity index (χ3n) is 5.29. The molecule has 1 unspecified atom stereocenters.